The summed E-state index contributed by atoms with van der Waals surface area (Å²) in [7, 11) is -2.71. The fraction of sp³-hybridized carbons (Fsp3) is 0.400. The number of aliphatic carboxylic acids is 1. The van der Waals surface area contributed by atoms with E-state index in [1.807, 2.05) is 0 Å². The molecule has 0 aliphatic rings. The van der Waals surface area contributed by atoms with Crippen molar-refractivity contribution in [1.82, 2.24) is 0 Å². The third-order valence-electron chi connectivity index (χ3n) is 1.10. The van der Waals surface area contributed by atoms with E-state index in [0.717, 1.165) is 0 Å². The van der Waals surface area contributed by atoms with E-state index in [-0.39, 0.29) is 5.57 Å². The van der Waals surface area contributed by atoms with E-state index >= 15 is 0 Å². The van der Waals surface area contributed by atoms with Crippen molar-refractivity contribution in [3.8, 4) is 0 Å². The lowest BCUT2D eigenvalue weighted by Gasteiger charge is -1.99. The molecular formula is C5H7O4P. The molecule has 0 fully saturated rings. The molecule has 10 heavy (non-hydrogen) atoms. The molecule has 4 nitrogen and oxygen atoms in total. The van der Waals surface area contributed by atoms with Gasteiger partial charge in [0.15, 0.2) is 5.66 Å². The predicted molar refractivity (Wildman–Crippen MR) is 33.8 cm³/mol. The second-order valence-electron chi connectivity index (χ2n) is 1.79. The first kappa shape index (κ1) is 9.27. The van der Waals surface area contributed by atoms with Crippen LogP contribution in [0.15, 0.2) is 12.2 Å². The average Bonchev–Trinajstić information content (AvgIpc) is 1.84. The third-order valence-corrected chi connectivity index (χ3v) is 2.04. The summed E-state index contributed by atoms with van der Waals surface area (Å²) >= 11 is 0. The zero-order valence-electron chi connectivity index (χ0n) is 5.40. The molecule has 0 aliphatic carbocycles. The second kappa shape index (κ2) is 3.44. The zero-order chi connectivity index (χ0) is 8.31. The van der Waals surface area contributed by atoms with Crippen molar-refractivity contribution in [1.29, 1.82) is 0 Å². The van der Waals surface area contributed by atoms with Crippen LogP contribution in [0.2, 0.25) is 0 Å². The highest BCUT2D eigenvalue weighted by molar-refractivity contribution is 7.37. The van der Waals surface area contributed by atoms with Gasteiger partial charge in [0.05, 0.1) is 5.57 Å². The fourth-order valence-electron chi connectivity index (χ4n) is 0.306. The van der Waals surface area contributed by atoms with Crippen LogP contribution in [-0.2, 0) is 9.36 Å². The lowest BCUT2D eigenvalue weighted by molar-refractivity contribution is -0.166. The average molecular weight is 162 g/mol. The first-order valence-electron chi connectivity index (χ1n) is 2.52. The molecule has 56 valence electrons. The Morgan fingerprint density at radius 2 is 2.20 bits per heavy atom. The van der Waals surface area contributed by atoms with E-state index in [2.05, 4.69) is 6.58 Å². The number of hydrogen-bond acceptors (Lipinski definition) is 3. The summed E-state index contributed by atoms with van der Waals surface area (Å²) in [6.07, 6.45) is 0. The molecule has 0 rings (SSSR count). The maximum Gasteiger partial charge on any atom is 0.335 e. The summed E-state index contributed by atoms with van der Waals surface area (Å²) in [5, 5.41) is 8.23. The van der Waals surface area contributed by atoms with Crippen LogP contribution < -0.4 is 4.89 Å². The predicted octanol–water partition coefficient (Wildman–Crippen LogP) is 0.118. The molecule has 0 saturated heterocycles. The molecule has 0 aliphatic heterocycles. The van der Waals surface area contributed by atoms with Crippen LogP contribution in [-0.4, -0.2) is 16.7 Å². The monoisotopic (exact) mass is 162 g/mol. The highest BCUT2D eigenvalue weighted by atomic mass is 31.1. The van der Waals surface area contributed by atoms with Gasteiger partial charge in [-0.05, 0) is 6.92 Å². The summed E-state index contributed by atoms with van der Waals surface area (Å²) < 4.78 is 10.2. The van der Waals surface area contributed by atoms with E-state index in [1.165, 1.54) is 6.92 Å². The Labute approximate surface area is 59.1 Å². The minimum absolute atomic E-state index is 0.295. The van der Waals surface area contributed by atoms with Gasteiger partial charge in [-0.1, -0.05) is 11.1 Å². The maximum absolute atomic E-state index is 10.2. The van der Waals surface area contributed by atoms with Gasteiger partial charge in [0.1, 0.15) is 0 Å². The minimum atomic E-state index is -2.71. The van der Waals surface area contributed by atoms with E-state index in [0.29, 0.717) is 0 Å². The number of carboxylic acid groups (broad SMARTS) is 1. The van der Waals surface area contributed by atoms with Crippen molar-refractivity contribution >= 4 is 14.0 Å². The maximum atomic E-state index is 10.2. The molecule has 1 N–H and O–H groups in total. The van der Waals surface area contributed by atoms with Crippen LogP contribution in [0.25, 0.3) is 0 Å². The molecule has 0 heterocycles. The molecule has 2 atom stereocenters. The van der Waals surface area contributed by atoms with Gasteiger partial charge in [-0.15, -0.1) is 0 Å². The summed E-state index contributed by atoms with van der Waals surface area (Å²) in [6, 6.07) is 0. The number of hydrogen-bond donors (Lipinski definition) is 1. The van der Waals surface area contributed by atoms with Crippen LogP contribution in [0.3, 0.4) is 0 Å². The molecule has 0 aromatic carbocycles. The van der Waals surface area contributed by atoms with Crippen LogP contribution in [0, 0.1) is 0 Å². The Hall–Kier alpha value is -0.730. The highest BCUT2D eigenvalue weighted by Crippen LogP contribution is 2.22. The van der Waals surface area contributed by atoms with Crippen molar-refractivity contribution in [3.63, 3.8) is 0 Å². The van der Waals surface area contributed by atoms with Gasteiger partial charge in [0, 0.05) is 0 Å². The zero-order valence-corrected chi connectivity index (χ0v) is 6.30. The molecular weight excluding hydrogens is 155 g/mol. The van der Waals surface area contributed by atoms with Crippen molar-refractivity contribution < 1.29 is 19.4 Å². The van der Waals surface area contributed by atoms with Gasteiger partial charge in [0.2, 0.25) is 0 Å². The summed E-state index contributed by atoms with van der Waals surface area (Å²) in [6.45, 7) is 4.37. The SMILES string of the molecule is C=C(C(=O)O)C(C)[P+](=O)[O-]. The Morgan fingerprint density at radius 3 is 2.30 bits per heavy atom. The smallest absolute Gasteiger partial charge is 0.335 e. The van der Waals surface area contributed by atoms with Gasteiger partial charge < -0.3 is 10.00 Å². The topological polar surface area (TPSA) is 77.4 Å². The van der Waals surface area contributed by atoms with Gasteiger partial charge in [0.25, 0.3) is 0 Å². The van der Waals surface area contributed by atoms with Crippen molar-refractivity contribution in [2.24, 2.45) is 0 Å². The minimum Gasteiger partial charge on any atom is -0.595 e. The molecule has 0 amide bonds. The second-order valence-corrected chi connectivity index (χ2v) is 3.14. The van der Waals surface area contributed by atoms with E-state index in [9.17, 15) is 14.3 Å². The number of rotatable bonds is 3. The summed E-state index contributed by atoms with van der Waals surface area (Å²) in [4.78, 5) is 20.2. The lowest BCUT2D eigenvalue weighted by Crippen LogP contribution is -2.13. The lowest BCUT2D eigenvalue weighted by atomic mass is 10.2. The first-order chi connectivity index (χ1) is 4.46. The van der Waals surface area contributed by atoms with Crippen molar-refractivity contribution in [2.75, 3.05) is 0 Å². The number of carbonyl (C=O) groups is 1. The molecule has 0 saturated carbocycles. The standard InChI is InChI=1S/C5H7O4P/c1-3(5(6)7)4(2)10(8)9/h4H,1H2,2H3,(H,6,7). The largest absolute Gasteiger partial charge is 0.595 e. The Morgan fingerprint density at radius 1 is 1.80 bits per heavy atom. The molecule has 0 spiro atoms. The van der Waals surface area contributed by atoms with Crippen molar-refractivity contribution in [3.05, 3.63) is 12.2 Å². The van der Waals surface area contributed by atoms with Crippen molar-refractivity contribution in [2.45, 2.75) is 12.6 Å². The summed E-state index contributed by atoms with van der Waals surface area (Å²) in [5.41, 5.74) is -1.27. The normalized spacial score (nSPS) is 14.0. The molecule has 5 heteroatoms. The van der Waals surface area contributed by atoms with E-state index in [1.54, 1.807) is 0 Å². The Bertz CT molecular complexity index is 186. The fourth-order valence-corrected chi connectivity index (χ4v) is 0.671. The van der Waals surface area contributed by atoms with Gasteiger partial charge >= 0.3 is 14.0 Å². The molecule has 0 bridgehead atoms. The highest BCUT2D eigenvalue weighted by Gasteiger charge is 2.23. The third kappa shape index (κ3) is 2.25. The van der Waals surface area contributed by atoms with Crippen LogP contribution in [0.4, 0.5) is 0 Å². The Balaban J connectivity index is 4.22. The Kier molecular flexibility index (Phi) is 3.19. The van der Waals surface area contributed by atoms with Gasteiger partial charge in [-0.3, -0.25) is 0 Å². The van der Waals surface area contributed by atoms with E-state index in [4.69, 9.17) is 5.11 Å². The van der Waals surface area contributed by atoms with Crippen LogP contribution in [0.5, 0.6) is 0 Å². The van der Waals surface area contributed by atoms with Crippen LogP contribution >= 0.6 is 8.03 Å². The van der Waals surface area contributed by atoms with Crippen LogP contribution in [0.1, 0.15) is 6.92 Å². The van der Waals surface area contributed by atoms with Gasteiger partial charge in [-0.2, -0.15) is 0 Å². The summed E-state index contributed by atoms with van der Waals surface area (Å²) in [5.74, 6) is -1.27. The molecule has 0 aromatic rings. The quantitative estimate of drug-likeness (QED) is 0.472. The molecule has 0 aromatic heterocycles. The first-order valence-corrected chi connectivity index (χ1v) is 3.77. The van der Waals surface area contributed by atoms with E-state index < -0.39 is 19.7 Å². The number of carboxylic acids is 1. The van der Waals surface area contributed by atoms with Gasteiger partial charge in [-0.25, -0.2) is 4.79 Å². The molecule has 2 unspecified atom stereocenters. The molecule has 0 radical (unpaired) electrons.